The Hall–Kier alpha value is -1.55. The van der Waals surface area contributed by atoms with E-state index < -0.39 is 5.91 Å². The van der Waals surface area contributed by atoms with Crippen LogP contribution in [-0.2, 0) is 0 Å². The predicted molar refractivity (Wildman–Crippen MR) is 51.9 cm³/mol. The maximum absolute atomic E-state index is 10.9. The van der Waals surface area contributed by atoms with Crippen LogP contribution in [0, 0.1) is 0 Å². The Morgan fingerprint density at radius 1 is 1.46 bits per heavy atom. The number of halogens is 1. The van der Waals surface area contributed by atoms with Crippen LogP contribution in [-0.4, -0.2) is 16.1 Å². The van der Waals surface area contributed by atoms with Crippen molar-refractivity contribution < 1.29 is 4.79 Å². The number of H-pyrrole nitrogens is 1. The van der Waals surface area contributed by atoms with E-state index in [-0.39, 0.29) is 12.4 Å². The van der Waals surface area contributed by atoms with Crippen molar-refractivity contribution in [3.63, 3.8) is 0 Å². The minimum atomic E-state index is -0.440. The number of para-hydroxylation sites is 1. The summed E-state index contributed by atoms with van der Waals surface area (Å²) < 4.78 is 0. The van der Waals surface area contributed by atoms with Gasteiger partial charge in [-0.3, -0.25) is 9.89 Å². The van der Waals surface area contributed by atoms with Crippen LogP contribution < -0.4 is 5.73 Å². The summed E-state index contributed by atoms with van der Waals surface area (Å²) in [5, 5.41) is 7.42. The zero-order valence-electron chi connectivity index (χ0n) is 6.65. The summed E-state index contributed by atoms with van der Waals surface area (Å²) in [5.74, 6) is -0.440. The van der Waals surface area contributed by atoms with E-state index >= 15 is 0 Å². The second-order valence-corrected chi connectivity index (χ2v) is 2.50. The summed E-state index contributed by atoms with van der Waals surface area (Å²) in [5.41, 5.74) is 6.33. The highest BCUT2D eigenvalue weighted by atomic mass is 35.5. The van der Waals surface area contributed by atoms with Crippen LogP contribution in [0.2, 0.25) is 0 Å². The lowest BCUT2D eigenvalue weighted by atomic mass is 10.1. The molecule has 1 heterocycles. The molecule has 0 atom stereocenters. The van der Waals surface area contributed by atoms with Gasteiger partial charge in [-0.1, -0.05) is 12.1 Å². The average Bonchev–Trinajstić information content (AvgIpc) is 2.49. The van der Waals surface area contributed by atoms with E-state index in [1.807, 2.05) is 6.07 Å². The van der Waals surface area contributed by atoms with E-state index in [1.54, 1.807) is 18.3 Å². The van der Waals surface area contributed by atoms with Gasteiger partial charge in [-0.25, -0.2) is 0 Å². The van der Waals surface area contributed by atoms with Gasteiger partial charge in [-0.05, 0) is 6.07 Å². The fourth-order valence-corrected chi connectivity index (χ4v) is 1.17. The molecule has 0 saturated carbocycles. The van der Waals surface area contributed by atoms with Crippen LogP contribution in [0.15, 0.2) is 24.4 Å². The minimum Gasteiger partial charge on any atom is -0.366 e. The number of nitrogens with zero attached hydrogens (tertiary/aromatic N) is 1. The van der Waals surface area contributed by atoms with Crippen molar-refractivity contribution in [3.8, 4) is 0 Å². The molecule has 13 heavy (non-hydrogen) atoms. The number of amides is 1. The first kappa shape index (κ1) is 9.54. The van der Waals surface area contributed by atoms with E-state index in [0.717, 1.165) is 5.39 Å². The minimum absolute atomic E-state index is 0. The van der Waals surface area contributed by atoms with Crippen molar-refractivity contribution in [2.24, 2.45) is 5.73 Å². The van der Waals surface area contributed by atoms with Crippen LogP contribution in [0.5, 0.6) is 0 Å². The highest BCUT2D eigenvalue weighted by Crippen LogP contribution is 2.14. The van der Waals surface area contributed by atoms with Crippen LogP contribution >= 0.6 is 12.4 Å². The molecule has 4 nitrogen and oxygen atoms in total. The third-order valence-corrected chi connectivity index (χ3v) is 1.74. The normalized spacial score (nSPS) is 9.54. The average molecular weight is 198 g/mol. The topological polar surface area (TPSA) is 71.8 Å². The number of fused-ring (bicyclic) bond motifs is 1. The largest absolute Gasteiger partial charge is 0.366 e. The first-order chi connectivity index (χ1) is 5.79. The number of carbonyl (C=O) groups excluding carboxylic acids is 1. The summed E-state index contributed by atoms with van der Waals surface area (Å²) in [6.45, 7) is 0. The fourth-order valence-electron chi connectivity index (χ4n) is 1.17. The number of rotatable bonds is 1. The Morgan fingerprint density at radius 3 is 2.92 bits per heavy atom. The van der Waals surface area contributed by atoms with Gasteiger partial charge in [-0.2, -0.15) is 5.10 Å². The number of nitrogens with one attached hydrogen (secondary N) is 1. The molecule has 0 unspecified atom stereocenters. The van der Waals surface area contributed by atoms with Gasteiger partial charge in [0.1, 0.15) is 0 Å². The Labute approximate surface area is 80.5 Å². The molecule has 2 rings (SSSR count). The summed E-state index contributed by atoms with van der Waals surface area (Å²) in [7, 11) is 0. The number of nitrogens with two attached hydrogens (primary N) is 1. The number of hydrogen-bond donors (Lipinski definition) is 2. The maximum atomic E-state index is 10.9. The zero-order valence-corrected chi connectivity index (χ0v) is 7.47. The lowest BCUT2D eigenvalue weighted by Gasteiger charge is -1.95. The number of benzene rings is 1. The first-order valence-corrected chi connectivity index (χ1v) is 3.51. The van der Waals surface area contributed by atoms with Crippen LogP contribution in [0.3, 0.4) is 0 Å². The van der Waals surface area contributed by atoms with Crippen molar-refractivity contribution in [3.05, 3.63) is 30.0 Å². The van der Waals surface area contributed by atoms with E-state index in [4.69, 9.17) is 5.73 Å². The SMILES string of the molecule is Cl.NC(=O)c1cccc2cn[nH]c12. The molecular formula is C8H8ClN3O. The number of aromatic amines is 1. The smallest absolute Gasteiger partial charge is 0.250 e. The first-order valence-electron chi connectivity index (χ1n) is 3.51. The van der Waals surface area contributed by atoms with Crippen molar-refractivity contribution in [2.75, 3.05) is 0 Å². The maximum Gasteiger partial charge on any atom is 0.250 e. The summed E-state index contributed by atoms with van der Waals surface area (Å²) in [6.07, 6.45) is 1.65. The summed E-state index contributed by atoms with van der Waals surface area (Å²) >= 11 is 0. The van der Waals surface area contributed by atoms with E-state index in [1.165, 1.54) is 0 Å². The summed E-state index contributed by atoms with van der Waals surface area (Å²) in [4.78, 5) is 10.9. The number of primary amides is 1. The van der Waals surface area contributed by atoms with Gasteiger partial charge in [0.25, 0.3) is 5.91 Å². The Balaban J connectivity index is 0.000000845. The molecular weight excluding hydrogens is 190 g/mol. The third-order valence-electron chi connectivity index (χ3n) is 1.74. The lowest BCUT2D eigenvalue weighted by Crippen LogP contribution is -2.11. The Bertz CT molecular complexity index is 438. The molecule has 0 aliphatic rings. The van der Waals surface area contributed by atoms with Gasteiger partial charge in [0.2, 0.25) is 0 Å². The fraction of sp³-hybridized carbons (Fsp3) is 0. The van der Waals surface area contributed by atoms with Crippen LogP contribution in [0.25, 0.3) is 10.9 Å². The van der Waals surface area contributed by atoms with Crippen molar-refractivity contribution >= 4 is 29.2 Å². The molecule has 0 bridgehead atoms. The second-order valence-electron chi connectivity index (χ2n) is 2.50. The number of aromatic nitrogens is 2. The number of hydrogen-bond acceptors (Lipinski definition) is 2. The molecule has 0 aliphatic carbocycles. The third kappa shape index (κ3) is 1.48. The quantitative estimate of drug-likeness (QED) is 0.718. The Morgan fingerprint density at radius 2 is 2.23 bits per heavy atom. The molecule has 0 aliphatic heterocycles. The molecule has 0 radical (unpaired) electrons. The molecule has 2 aromatic rings. The van der Waals surface area contributed by atoms with E-state index in [9.17, 15) is 4.79 Å². The van der Waals surface area contributed by atoms with Gasteiger partial charge < -0.3 is 5.73 Å². The molecule has 5 heteroatoms. The van der Waals surface area contributed by atoms with Crippen molar-refractivity contribution in [2.45, 2.75) is 0 Å². The zero-order chi connectivity index (χ0) is 8.55. The molecule has 1 amide bonds. The molecule has 0 spiro atoms. The molecule has 0 saturated heterocycles. The van der Waals surface area contributed by atoms with E-state index in [0.29, 0.717) is 11.1 Å². The van der Waals surface area contributed by atoms with Gasteiger partial charge in [0, 0.05) is 5.39 Å². The molecule has 1 aromatic heterocycles. The second kappa shape index (κ2) is 3.45. The van der Waals surface area contributed by atoms with Gasteiger partial charge >= 0.3 is 0 Å². The van der Waals surface area contributed by atoms with Gasteiger partial charge in [0.15, 0.2) is 0 Å². The van der Waals surface area contributed by atoms with Crippen molar-refractivity contribution in [1.29, 1.82) is 0 Å². The summed E-state index contributed by atoms with van der Waals surface area (Å²) in [6, 6.07) is 5.31. The van der Waals surface area contributed by atoms with Crippen LogP contribution in [0.1, 0.15) is 10.4 Å². The standard InChI is InChI=1S/C8H7N3O.ClH/c9-8(12)6-3-1-2-5-4-10-11-7(5)6;/h1-4H,(H2,9,12)(H,10,11);1H. The van der Waals surface area contributed by atoms with Crippen molar-refractivity contribution in [1.82, 2.24) is 10.2 Å². The van der Waals surface area contributed by atoms with E-state index in [2.05, 4.69) is 10.2 Å². The molecule has 68 valence electrons. The Kier molecular flexibility index (Phi) is 2.53. The predicted octanol–water partition coefficient (Wildman–Crippen LogP) is 1.08. The van der Waals surface area contributed by atoms with Gasteiger partial charge in [0.05, 0.1) is 17.3 Å². The monoisotopic (exact) mass is 197 g/mol. The highest BCUT2D eigenvalue weighted by molar-refractivity contribution is 6.04. The molecule has 1 aromatic carbocycles. The molecule has 3 N–H and O–H groups in total. The van der Waals surface area contributed by atoms with Crippen LogP contribution in [0.4, 0.5) is 0 Å². The van der Waals surface area contributed by atoms with Gasteiger partial charge in [-0.15, -0.1) is 12.4 Å². The number of carbonyl (C=O) groups is 1. The lowest BCUT2D eigenvalue weighted by molar-refractivity contribution is 0.100. The highest BCUT2D eigenvalue weighted by Gasteiger charge is 2.06. The molecule has 0 fully saturated rings.